The lowest BCUT2D eigenvalue weighted by Gasteiger charge is -2.32. The highest BCUT2D eigenvalue weighted by atomic mass is 16.8. The van der Waals surface area contributed by atoms with E-state index in [-0.39, 0.29) is 22.4 Å². The number of fused-ring (bicyclic) bond motifs is 1. The number of carbonyl (C=O) groups excluding carboxylic acids is 1. The van der Waals surface area contributed by atoms with Crippen molar-refractivity contribution in [2.24, 2.45) is 11.3 Å². The third-order valence-corrected chi connectivity index (χ3v) is 5.81. The predicted molar refractivity (Wildman–Crippen MR) is 101 cm³/mol. The molecule has 5 heteroatoms. The fourth-order valence-electron chi connectivity index (χ4n) is 4.10. The normalized spacial score (nSPS) is 24.9. The Labute approximate surface area is 154 Å². The topological polar surface area (TPSA) is 72.8 Å². The average molecular weight is 356 g/mol. The van der Waals surface area contributed by atoms with Gasteiger partial charge in [-0.1, -0.05) is 37.1 Å². The van der Waals surface area contributed by atoms with Gasteiger partial charge in [0.15, 0.2) is 0 Å². The minimum absolute atomic E-state index is 0.0694. The van der Waals surface area contributed by atoms with E-state index in [0.29, 0.717) is 17.9 Å². The molecule has 0 amide bonds. The smallest absolute Gasteiger partial charge is 0.338 e. The van der Waals surface area contributed by atoms with Gasteiger partial charge in [0, 0.05) is 17.8 Å². The van der Waals surface area contributed by atoms with E-state index in [4.69, 9.17) is 9.94 Å². The van der Waals surface area contributed by atoms with Gasteiger partial charge >= 0.3 is 5.97 Å². The summed E-state index contributed by atoms with van der Waals surface area (Å²) in [6.07, 6.45) is 3.58. The first-order chi connectivity index (χ1) is 12.2. The summed E-state index contributed by atoms with van der Waals surface area (Å²) < 4.78 is 5.87. The molecule has 0 radical (unpaired) electrons. The molecule has 26 heavy (non-hydrogen) atoms. The minimum Gasteiger partial charge on any atom is -0.733 e. The molecule has 2 unspecified atom stereocenters. The third kappa shape index (κ3) is 3.55. The molecule has 140 valence electrons. The van der Waals surface area contributed by atoms with Crippen molar-refractivity contribution in [3.8, 4) is 0 Å². The molecule has 5 nitrogen and oxygen atoms in total. The number of benzene rings is 1. The summed E-state index contributed by atoms with van der Waals surface area (Å²) in [6, 6.07) is 5.75. The first-order valence-corrected chi connectivity index (χ1v) is 9.02. The Morgan fingerprint density at radius 1 is 1.35 bits per heavy atom. The van der Waals surface area contributed by atoms with Crippen molar-refractivity contribution >= 4 is 11.7 Å². The van der Waals surface area contributed by atoms with Crippen LogP contribution in [0.1, 0.15) is 56.8 Å². The number of nitrogens with zero attached hydrogens (tertiary/aromatic N) is 1. The molecule has 0 spiro atoms. The van der Waals surface area contributed by atoms with Crippen LogP contribution in [0.2, 0.25) is 0 Å². The standard InChI is InChI=1S/C21H26NO4/c1-13-5-10-17-14(2)11-19(21(3,4)12-18(13)17)26-20(23)15-6-8-16(9-7-15)22(24)25/h6-9,17,19,24H,2,5,10-12H2,1,3-4H3/q-1. The second kappa shape index (κ2) is 6.89. The van der Waals surface area contributed by atoms with Gasteiger partial charge in [-0.15, -0.1) is 0 Å². The highest BCUT2D eigenvalue weighted by Crippen LogP contribution is 2.49. The molecule has 2 atom stereocenters. The predicted octanol–water partition coefficient (Wildman–Crippen LogP) is 5.01. The zero-order valence-corrected chi connectivity index (χ0v) is 15.6. The van der Waals surface area contributed by atoms with E-state index in [0.717, 1.165) is 24.8 Å². The van der Waals surface area contributed by atoms with Gasteiger partial charge in [0.25, 0.3) is 0 Å². The summed E-state index contributed by atoms with van der Waals surface area (Å²) in [4.78, 5) is 12.6. The number of carbonyl (C=O) groups is 1. The van der Waals surface area contributed by atoms with Gasteiger partial charge in [0.05, 0.1) is 11.3 Å². The molecule has 1 N–H and O–H groups in total. The maximum Gasteiger partial charge on any atom is 0.338 e. The number of ether oxygens (including phenoxy) is 1. The number of hydrogen-bond acceptors (Lipinski definition) is 5. The van der Waals surface area contributed by atoms with Crippen molar-refractivity contribution in [1.29, 1.82) is 0 Å². The first kappa shape index (κ1) is 18.7. The van der Waals surface area contributed by atoms with Crippen LogP contribution in [-0.4, -0.2) is 17.3 Å². The summed E-state index contributed by atoms with van der Waals surface area (Å²) in [6.45, 7) is 10.8. The Balaban J connectivity index is 1.79. The van der Waals surface area contributed by atoms with Crippen molar-refractivity contribution in [2.45, 2.75) is 52.6 Å². The van der Waals surface area contributed by atoms with Crippen LogP contribution in [0.15, 0.2) is 47.6 Å². The molecule has 1 saturated carbocycles. The van der Waals surface area contributed by atoms with Crippen LogP contribution in [0.5, 0.6) is 0 Å². The fraction of sp³-hybridized carbons (Fsp3) is 0.476. The Kier molecular flexibility index (Phi) is 4.95. The highest BCUT2D eigenvalue weighted by molar-refractivity contribution is 5.90. The van der Waals surface area contributed by atoms with E-state index in [1.54, 1.807) is 0 Å². The second-order valence-electron chi connectivity index (χ2n) is 8.14. The molecular weight excluding hydrogens is 330 g/mol. The lowest BCUT2D eigenvalue weighted by atomic mass is 9.80. The van der Waals surface area contributed by atoms with E-state index >= 15 is 0 Å². The molecule has 2 aliphatic carbocycles. The number of hydrogen-bond donors (Lipinski definition) is 1. The van der Waals surface area contributed by atoms with Crippen molar-refractivity contribution in [1.82, 2.24) is 0 Å². The van der Waals surface area contributed by atoms with Crippen molar-refractivity contribution < 1.29 is 14.7 Å². The molecule has 0 saturated heterocycles. The van der Waals surface area contributed by atoms with Crippen LogP contribution < -0.4 is 5.23 Å². The summed E-state index contributed by atoms with van der Waals surface area (Å²) >= 11 is 0. The van der Waals surface area contributed by atoms with Crippen LogP contribution >= 0.6 is 0 Å². The summed E-state index contributed by atoms with van der Waals surface area (Å²) in [5.41, 5.74) is 4.33. The maximum absolute atomic E-state index is 12.6. The largest absolute Gasteiger partial charge is 0.733 e. The third-order valence-electron chi connectivity index (χ3n) is 5.81. The monoisotopic (exact) mass is 356 g/mol. The van der Waals surface area contributed by atoms with Crippen molar-refractivity contribution in [3.63, 3.8) is 0 Å². The van der Waals surface area contributed by atoms with E-state index in [1.165, 1.54) is 35.4 Å². The molecule has 0 aliphatic heterocycles. The number of esters is 1. The van der Waals surface area contributed by atoms with Gasteiger partial charge in [-0.2, -0.15) is 0 Å². The van der Waals surface area contributed by atoms with Crippen LogP contribution in [0, 0.1) is 16.5 Å². The zero-order chi connectivity index (χ0) is 19.1. The lowest BCUT2D eigenvalue weighted by Crippen LogP contribution is -2.33. The number of allylic oxidation sites excluding steroid dienone is 2. The number of rotatable bonds is 3. The fourth-order valence-corrected chi connectivity index (χ4v) is 4.10. The van der Waals surface area contributed by atoms with Gasteiger partial charge in [0.1, 0.15) is 6.10 Å². The second-order valence-corrected chi connectivity index (χ2v) is 8.14. The highest BCUT2D eigenvalue weighted by Gasteiger charge is 2.41. The zero-order valence-electron chi connectivity index (χ0n) is 15.6. The number of anilines is 1. The van der Waals surface area contributed by atoms with Gasteiger partial charge < -0.3 is 15.2 Å². The summed E-state index contributed by atoms with van der Waals surface area (Å²) in [5.74, 6) is 0.000395. The first-order valence-electron chi connectivity index (χ1n) is 9.02. The van der Waals surface area contributed by atoms with Gasteiger partial charge in [-0.05, 0) is 50.5 Å². The van der Waals surface area contributed by atoms with Crippen LogP contribution in [0.3, 0.4) is 0 Å². The maximum atomic E-state index is 12.6. The summed E-state index contributed by atoms with van der Waals surface area (Å²) in [7, 11) is 0. The van der Waals surface area contributed by atoms with E-state index < -0.39 is 5.97 Å². The van der Waals surface area contributed by atoms with Crippen molar-refractivity contribution in [3.05, 3.63) is 58.3 Å². The quantitative estimate of drug-likeness (QED) is 0.468. The van der Waals surface area contributed by atoms with Gasteiger partial charge in [-0.25, -0.2) is 4.79 Å². The summed E-state index contributed by atoms with van der Waals surface area (Å²) in [5, 5.41) is 19.5. The Morgan fingerprint density at radius 3 is 2.62 bits per heavy atom. The molecule has 1 aromatic rings. The van der Waals surface area contributed by atoms with Gasteiger partial charge in [-0.3, -0.25) is 5.21 Å². The van der Waals surface area contributed by atoms with Crippen LogP contribution in [0.25, 0.3) is 0 Å². The molecular formula is C21H26NO4-. The van der Waals surface area contributed by atoms with Crippen LogP contribution in [0.4, 0.5) is 5.69 Å². The van der Waals surface area contributed by atoms with Crippen LogP contribution in [-0.2, 0) is 4.74 Å². The van der Waals surface area contributed by atoms with Gasteiger partial charge in [0.2, 0.25) is 0 Å². The molecule has 1 aromatic carbocycles. The van der Waals surface area contributed by atoms with E-state index in [2.05, 4.69) is 27.4 Å². The molecule has 0 heterocycles. The van der Waals surface area contributed by atoms with E-state index in [1.807, 2.05) is 0 Å². The SMILES string of the molecule is C=C1CC(OC(=O)c2ccc(N([O-])O)cc2)C(C)(C)CC2=C(C)CCC12. The molecule has 2 aliphatic rings. The van der Waals surface area contributed by atoms with Crippen molar-refractivity contribution in [2.75, 3.05) is 5.23 Å². The molecule has 0 aromatic heterocycles. The van der Waals surface area contributed by atoms with E-state index in [9.17, 15) is 10.0 Å². The molecule has 3 rings (SSSR count). The lowest BCUT2D eigenvalue weighted by molar-refractivity contribution is -0.00586. The minimum atomic E-state index is -0.421. The molecule has 1 fully saturated rings. The Hall–Kier alpha value is -2.11. The Bertz CT molecular complexity index is 746. The Morgan fingerprint density at radius 2 is 2.00 bits per heavy atom. The average Bonchev–Trinajstić information content (AvgIpc) is 2.90. The molecule has 0 bridgehead atoms.